The fourth-order valence-corrected chi connectivity index (χ4v) is 1.35. The SMILES string of the molecule is CCC.O=C(O)C1CCCCC1. The molecule has 1 saturated carbocycles. The molecule has 0 atom stereocenters. The van der Waals surface area contributed by atoms with E-state index in [9.17, 15) is 4.79 Å². The number of hydrogen-bond acceptors (Lipinski definition) is 1. The van der Waals surface area contributed by atoms with Crippen molar-refractivity contribution in [2.45, 2.75) is 52.4 Å². The lowest BCUT2D eigenvalue weighted by Crippen LogP contribution is -2.16. The highest BCUT2D eigenvalue weighted by atomic mass is 16.4. The average Bonchev–Trinajstić information content (AvgIpc) is 2.07. The van der Waals surface area contributed by atoms with Gasteiger partial charge < -0.3 is 5.11 Å². The molecular formula is C10H20O2. The molecule has 0 aromatic carbocycles. The smallest absolute Gasteiger partial charge is 0.306 e. The Morgan fingerprint density at radius 1 is 1.25 bits per heavy atom. The minimum Gasteiger partial charge on any atom is -0.481 e. The molecule has 1 rings (SSSR count). The molecule has 12 heavy (non-hydrogen) atoms. The van der Waals surface area contributed by atoms with E-state index in [1.165, 1.54) is 12.8 Å². The number of hydrogen-bond donors (Lipinski definition) is 1. The molecular weight excluding hydrogens is 152 g/mol. The Kier molecular flexibility index (Phi) is 6.82. The summed E-state index contributed by atoms with van der Waals surface area (Å²) in [5, 5.41) is 8.54. The number of aliphatic carboxylic acids is 1. The number of carboxylic acid groups (broad SMARTS) is 1. The largest absolute Gasteiger partial charge is 0.481 e. The van der Waals surface area contributed by atoms with Crippen LogP contribution in [0.3, 0.4) is 0 Å². The quantitative estimate of drug-likeness (QED) is 0.660. The van der Waals surface area contributed by atoms with E-state index in [-0.39, 0.29) is 5.92 Å². The standard InChI is InChI=1S/C7H12O2.C3H8/c8-7(9)6-4-2-1-3-5-6;1-3-2/h6H,1-5H2,(H,8,9);3H2,1-2H3. The summed E-state index contributed by atoms with van der Waals surface area (Å²) in [6.07, 6.45) is 6.49. The summed E-state index contributed by atoms with van der Waals surface area (Å²) >= 11 is 0. The first-order chi connectivity index (χ1) is 5.72. The van der Waals surface area contributed by atoms with Gasteiger partial charge in [-0.25, -0.2) is 0 Å². The summed E-state index contributed by atoms with van der Waals surface area (Å²) < 4.78 is 0. The summed E-state index contributed by atoms with van der Waals surface area (Å²) in [5.41, 5.74) is 0. The van der Waals surface area contributed by atoms with E-state index in [1.807, 2.05) is 0 Å². The van der Waals surface area contributed by atoms with Crippen molar-refractivity contribution < 1.29 is 9.90 Å². The van der Waals surface area contributed by atoms with Crippen molar-refractivity contribution in [1.29, 1.82) is 0 Å². The number of carboxylic acids is 1. The number of rotatable bonds is 1. The Morgan fingerprint density at radius 3 is 1.92 bits per heavy atom. The van der Waals surface area contributed by atoms with Crippen LogP contribution >= 0.6 is 0 Å². The van der Waals surface area contributed by atoms with Gasteiger partial charge in [0.05, 0.1) is 5.92 Å². The summed E-state index contributed by atoms with van der Waals surface area (Å²) in [4.78, 5) is 10.4. The molecule has 1 N–H and O–H groups in total. The molecule has 0 radical (unpaired) electrons. The van der Waals surface area contributed by atoms with Gasteiger partial charge in [-0.15, -0.1) is 0 Å². The Labute approximate surface area is 75.0 Å². The normalized spacial score (nSPS) is 17.8. The van der Waals surface area contributed by atoms with Crippen LogP contribution in [0.2, 0.25) is 0 Å². The molecule has 1 aliphatic carbocycles. The molecule has 1 aliphatic rings. The van der Waals surface area contributed by atoms with Gasteiger partial charge in [0, 0.05) is 0 Å². The molecule has 2 heteroatoms. The zero-order chi connectivity index (χ0) is 9.40. The second-order valence-corrected chi connectivity index (χ2v) is 3.38. The highest BCUT2D eigenvalue weighted by Gasteiger charge is 2.19. The van der Waals surface area contributed by atoms with Gasteiger partial charge in [-0.05, 0) is 12.8 Å². The van der Waals surface area contributed by atoms with Gasteiger partial charge in [0.25, 0.3) is 0 Å². The third-order valence-corrected chi connectivity index (χ3v) is 1.95. The van der Waals surface area contributed by atoms with E-state index in [0.29, 0.717) is 0 Å². The molecule has 0 amide bonds. The lowest BCUT2D eigenvalue weighted by atomic mass is 9.90. The molecule has 0 saturated heterocycles. The molecule has 0 bridgehead atoms. The van der Waals surface area contributed by atoms with Gasteiger partial charge in [0.2, 0.25) is 0 Å². The van der Waals surface area contributed by atoms with Crippen LogP contribution < -0.4 is 0 Å². The Balaban J connectivity index is 0.000000354. The Bertz CT molecular complexity index is 115. The minimum atomic E-state index is -0.602. The van der Waals surface area contributed by atoms with Crippen molar-refractivity contribution in [3.63, 3.8) is 0 Å². The third-order valence-electron chi connectivity index (χ3n) is 1.95. The van der Waals surface area contributed by atoms with Crippen molar-refractivity contribution in [2.24, 2.45) is 5.92 Å². The van der Waals surface area contributed by atoms with E-state index in [2.05, 4.69) is 13.8 Å². The predicted octanol–water partition coefficient (Wildman–Crippen LogP) is 3.07. The summed E-state index contributed by atoms with van der Waals surface area (Å²) in [7, 11) is 0. The van der Waals surface area contributed by atoms with Crippen LogP contribution in [0, 0.1) is 5.92 Å². The van der Waals surface area contributed by atoms with E-state index in [1.54, 1.807) is 0 Å². The van der Waals surface area contributed by atoms with Crippen molar-refractivity contribution in [3.05, 3.63) is 0 Å². The molecule has 0 heterocycles. The van der Waals surface area contributed by atoms with E-state index in [4.69, 9.17) is 5.11 Å². The molecule has 0 aromatic rings. The molecule has 0 spiro atoms. The second kappa shape index (κ2) is 7.14. The minimum absolute atomic E-state index is 0.0289. The van der Waals surface area contributed by atoms with Crippen LogP contribution in [-0.4, -0.2) is 11.1 Å². The lowest BCUT2D eigenvalue weighted by Gasteiger charge is -2.16. The monoisotopic (exact) mass is 172 g/mol. The Morgan fingerprint density at radius 2 is 1.67 bits per heavy atom. The highest BCUT2D eigenvalue weighted by molar-refractivity contribution is 5.69. The fourth-order valence-electron chi connectivity index (χ4n) is 1.35. The van der Waals surface area contributed by atoms with Crippen molar-refractivity contribution in [2.75, 3.05) is 0 Å². The first-order valence-electron chi connectivity index (χ1n) is 4.95. The number of carbonyl (C=O) groups is 1. The van der Waals surface area contributed by atoms with Crippen LogP contribution in [0.5, 0.6) is 0 Å². The van der Waals surface area contributed by atoms with Crippen LogP contribution in [-0.2, 0) is 4.79 Å². The summed E-state index contributed by atoms with van der Waals surface area (Å²) in [5.74, 6) is -0.631. The molecule has 0 aliphatic heterocycles. The molecule has 0 aromatic heterocycles. The first-order valence-corrected chi connectivity index (χ1v) is 4.95. The third kappa shape index (κ3) is 5.16. The zero-order valence-corrected chi connectivity index (χ0v) is 8.18. The first kappa shape index (κ1) is 11.5. The zero-order valence-electron chi connectivity index (χ0n) is 8.18. The van der Waals surface area contributed by atoms with Crippen LogP contribution in [0.1, 0.15) is 52.4 Å². The maximum Gasteiger partial charge on any atom is 0.306 e. The topological polar surface area (TPSA) is 37.3 Å². The predicted molar refractivity (Wildman–Crippen MR) is 50.2 cm³/mol. The van der Waals surface area contributed by atoms with Gasteiger partial charge in [0.15, 0.2) is 0 Å². The second-order valence-electron chi connectivity index (χ2n) is 3.38. The van der Waals surface area contributed by atoms with Gasteiger partial charge >= 0.3 is 5.97 Å². The lowest BCUT2D eigenvalue weighted by molar-refractivity contribution is -0.142. The summed E-state index contributed by atoms with van der Waals surface area (Å²) in [6.45, 7) is 4.25. The van der Waals surface area contributed by atoms with E-state index in [0.717, 1.165) is 25.7 Å². The highest BCUT2D eigenvalue weighted by Crippen LogP contribution is 2.23. The van der Waals surface area contributed by atoms with Crippen LogP contribution in [0.25, 0.3) is 0 Å². The van der Waals surface area contributed by atoms with Crippen molar-refractivity contribution >= 4 is 5.97 Å². The van der Waals surface area contributed by atoms with Gasteiger partial charge in [-0.1, -0.05) is 39.5 Å². The molecule has 1 fully saturated rings. The van der Waals surface area contributed by atoms with Gasteiger partial charge in [-0.3, -0.25) is 4.79 Å². The van der Waals surface area contributed by atoms with Crippen molar-refractivity contribution in [3.8, 4) is 0 Å². The van der Waals surface area contributed by atoms with Gasteiger partial charge in [0.1, 0.15) is 0 Å². The maximum atomic E-state index is 10.4. The maximum absolute atomic E-state index is 10.4. The van der Waals surface area contributed by atoms with Gasteiger partial charge in [-0.2, -0.15) is 0 Å². The molecule has 72 valence electrons. The fraction of sp³-hybridized carbons (Fsp3) is 0.900. The van der Waals surface area contributed by atoms with E-state index >= 15 is 0 Å². The Hall–Kier alpha value is -0.530. The van der Waals surface area contributed by atoms with Crippen molar-refractivity contribution in [1.82, 2.24) is 0 Å². The summed E-state index contributed by atoms with van der Waals surface area (Å²) in [6, 6.07) is 0. The molecule has 0 unspecified atom stereocenters. The van der Waals surface area contributed by atoms with Crippen LogP contribution in [0.4, 0.5) is 0 Å². The molecule has 2 nitrogen and oxygen atoms in total. The van der Waals surface area contributed by atoms with Crippen LogP contribution in [0.15, 0.2) is 0 Å². The average molecular weight is 172 g/mol. The van der Waals surface area contributed by atoms with E-state index < -0.39 is 5.97 Å².